The summed E-state index contributed by atoms with van der Waals surface area (Å²) in [6.45, 7) is 5.69. The van der Waals surface area contributed by atoms with Crippen molar-refractivity contribution in [2.45, 2.75) is 45.1 Å². The first-order valence-electron chi connectivity index (χ1n) is 7.77. The molecule has 1 saturated heterocycles. The molecule has 0 aromatic heterocycles. The third kappa shape index (κ3) is 5.04. The highest BCUT2D eigenvalue weighted by atomic mass is 32.2. The fraction of sp³-hybridized carbons (Fsp3) is 0.600. The highest BCUT2D eigenvalue weighted by Crippen LogP contribution is 2.37. The van der Waals surface area contributed by atoms with Crippen LogP contribution in [-0.2, 0) is 19.3 Å². The van der Waals surface area contributed by atoms with E-state index in [1.54, 1.807) is 27.7 Å². The maximum Gasteiger partial charge on any atom is 0.498 e. The monoisotopic (exact) mass is 395 g/mol. The first-order chi connectivity index (χ1) is 11.6. The maximum atomic E-state index is 12.5. The molecule has 0 saturated carbocycles. The van der Waals surface area contributed by atoms with Crippen LogP contribution < -0.4 is 14.9 Å². The zero-order chi connectivity index (χ0) is 20.0. The van der Waals surface area contributed by atoms with Crippen LogP contribution in [0, 0.1) is 0 Å². The summed E-state index contributed by atoms with van der Waals surface area (Å²) in [5.41, 5.74) is -1.11. The second-order valence-corrected chi connectivity index (χ2v) is 8.87. The summed E-state index contributed by atoms with van der Waals surface area (Å²) < 4.78 is 79.2. The van der Waals surface area contributed by atoms with Crippen LogP contribution >= 0.6 is 0 Å². The van der Waals surface area contributed by atoms with Gasteiger partial charge in [-0.05, 0) is 45.9 Å². The average molecular weight is 395 g/mol. The SMILES string of the molecule is CC1(C)OB(c2cc(NS(C)(=O)=O)ccc2OCC(F)(F)F)OC1(C)C. The molecule has 0 unspecified atom stereocenters. The van der Waals surface area contributed by atoms with E-state index in [0.717, 1.165) is 6.26 Å². The lowest BCUT2D eigenvalue weighted by molar-refractivity contribution is -0.153. The number of anilines is 1. The van der Waals surface area contributed by atoms with E-state index < -0.39 is 41.1 Å². The molecule has 1 fully saturated rings. The van der Waals surface area contributed by atoms with Crippen LogP contribution in [0.25, 0.3) is 0 Å². The van der Waals surface area contributed by atoms with Crippen LogP contribution in [0.5, 0.6) is 5.75 Å². The summed E-state index contributed by atoms with van der Waals surface area (Å²) in [7, 11) is -4.57. The van der Waals surface area contributed by atoms with E-state index in [-0.39, 0.29) is 16.9 Å². The summed E-state index contributed by atoms with van der Waals surface area (Å²) in [5.74, 6) is -0.0973. The lowest BCUT2D eigenvalue weighted by Gasteiger charge is -2.32. The van der Waals surface area contributed by atoms with E-state index in [1.807, 2.05) is 0 Å². The Labute approximate surface area is 151 Å². The minimum Gasteiger partial charge on any atom is -0.484 e. The molecule has 1 heterocycles. The normalized spacial score (nSPS) is 19.5. The van der Waals surface area contributed by atoms with Gasteiger partial charge in [-0.3, -0.25) is 4.72 Å². The smallest absolute Gasteiger partial charge is 0.484 e. The lowest BCUT2D eigenvalue weighted by Crippen LogP contribution is -2.41. The molecule has 1 N–H and O–H groups in total. The predicted octanol–water partition coefficient (Wildman–Crippen LogP) is 2.30. The van der Waals surface area contributed by atoms with Gasteiger partial charge in [-0.2, -0.15) is 13.2 Å². The summed E-state index contributed by atoms with van der Waals surface area (Å²) in [5, 5.41) is 0. The summed E-state index contributed by atoms with van der Waals surface area (Å²) in [4.78, 5) is 0. The molecule has 1 aromatic rings. The van der Waals surface area contributed by atoms with Gasteiger partial charge in [0.1, 0.15) is 5.75 Å². The van der Waals surface area contributed by atoms with Crippen molar-refractivity contribution in [3.8, 4) is 5.75 Å². The molecule has 146 valence electrons. The van der Waals surface area contributed by atoms with Gasteiger partial charge < -0.3 is 14.0 Å². The minimum atomic E-state index is -4.52. The number of ether oxygens (including phenoxy) is 1. The van der Waals surface area contributed by atoms with Crippen LogP contribution in [0.1, 0.15) is 27.7 Å². The Bertz CT molecular complexity index is 764. The third-order valence-corrected chi connectivity index (χ3v) is 4.82. The molecule has 0 amide bonds. The summed E-state index contributed by atoms with van der Waals surface area (Å²) in [6.07, 6.45) is -3.55. The maximum absolute atomic E-state index is 12.5. The van der Waals surface area contributed by atoms with Gasteiger partial charge in [0.15, 0.2) is 6.61 Å². The van der Waals surface area contributed by atoms with Crippen molar-refractivity contribution in [1.82, 2.24) is 0 Å². The quantitative estimate of drug-likeness (QED) is 0.775. The van der Waals surface area contributed by atoms with Crippen LogP contribution in [0.3, 0.4) is 0 Å². The largest absolute Gasteiger partial charge is 0.498 e. The molecule has 0 spiro atoms. The van der Waals surface area contributed by atoms with Gasteiger partial charge in [0.05, 0.1) is 17.5 Å². The van der Waals surface area contributed by atoms with Gasteiger partial charge in [-0.1, -0.05) is 0 Å². The first kappa shape index (κ1) is 20.9. The Hall–Kier alpha value is -1.46. The van der Waals surface area contributed by atoms with Crippen molar-refractivity contribution >= 4 is 28.3 Å². The van der Waals surface area contributed by atoms with E-state index in [4.69, 9.17) is 14.0 Å². The molecule has 1 aromatic carbocycles. The lowest BCUT2D eigenvalue weighted by atomic mass is 9.78. The fourth-order valence-corrected chi connectivity index (χ4v) is 2.83. The molecule has 11 heteroatoms. The molecule has 2 rings (SSSR count). The van der Waals surface area contributed by atoms with Crippen molar-refractivity contribution in [3.63, 3.8) is 0 Å². The highest BCUT2D eigenvalue weighted by Gasteiger charge is 2.52. The Morgan fingerprint density at radius 1 is 1.15 bits per heavy atom. The first-order valence-corrected chi connectivity index (χ1v) is 9.66. The molecule has 26 heavy (non-hydrogen) atoms. The Morgan fingerprint density at radius 2 is 1.69 bits per heavy atom. The third-order valence-electron chi connectivity index (χ3n) is 4.21. The van der Waals surface area contributed by atoms with E-state index >= 15 is 0 Å². The van der Waals surface area contributed by atoms with Crippen molar-refractivity contribution in [2.75, 3.05) is 17.6 Å². The van der Waals surface area contributed by atoms with Gasteiger partial charge in [0, 0.05) is 11.2 Å². The van der Waals surface area contributed by atoms with Crippen molar-refractivity contribution in [3.05, 3.63) is 18.2 Å². The minimum absolute atomic E-state index is 0.0973. The van der Waals surface area contributed by atoms with Crippen molar-refractivity contribution < 1.29 is 35.6 Å². The number of benzene rings is 1. The predicted molar refractivity (Wildman–Crippen MR) is 92.2 cm³/mol. The number of hydrogen-bond acceptors (Lipinski definition) is 5. The second kappa shape index (κ2) is 6.61. The fourth-order valence-electron chi connectivity index (χ4n) is 2.27. The molecule has 1 aliphatic heterocycles. The van der Waals surface area contributed by atoms with Crippen LogP contribution in [0.15, 0.2) is 18.2 Å². The Kier molecular flexibility index (Phi) is 5.30. The molecule has 0 radical (unpaired) electrons. The van der Waals surface area contributed by atoms with Crippen LogP contribution in [0.2, 0.25) is 0 Å². The Morgan fingerprint density at radius 3 is 2.15 bits per heavy atom. The molecular weight excluding hydrogens is 374 g/mol. The van der Waals surface area contributed by atoms with Crippen LogP contribution in [0.4, 0.5) is 18.9 Å². The van der Waals surface area contributed by atoms with Crippen molar-refractivity contribution in [2.24, 2.45) is 0 Å². The standard InChI is InChI=1S/C15H21BF3NO5S/c1-13(2)14(3,4)25-16(24-13)11-8-10(20-26(5,21)22)6-7-12(11)23-9-15(17,18)19/h6-8,20H,9H2,1-5H3. The van der Waals surface area contributed by atoms with E-state index in [2.05, 4.69) is 4.72 Å². The second-order valence-electron chi connectivity index (χ2n) is 7.12. The molecule has 6 nitrogen and oxygen atoms in total. The van der Waals surface area contributed by atoms with E-state index in [0.29, 0.717) is 0 Å². The van der Waals surface area contributed by atoms with Gasteiger partial charge in [0.2, 0.25) is 10.0 Å². The highest BCUT2D eigenvalue weighted by molar-refractivity contribution is 7.92. The molecule has 1 aliphatic rings. The molecule has 0 atom stereocenters. The van der Waals surface area contributed by atoms with Gasteiger partial charge >= 0.3 is 13.3 Å². The molecular formula is C15H21BF3NO5S. The number of alkyl halides is 3. The van der Waals surface area contributed by atoms with Gasteiger partial charge in [0.25, 0.3) is 0 Å². The summed E-state index contributed by atoms with van der Waals surface area (Å²) >= 11 is 0. The number of rotatable bonds is 5. The zero-order valence-corrected chi connectivity index (χ0v) is 15.9. The van der Waals surface area contributed by atoms with E-state index in [9.17, 15) is 21.6 Å². The van der Waals surface area contributed by atoms with Crippen LogP contribution in [-0.4, -0.2) is 45.8 Å². The number of halogens is 3. The number of nitrogens with one attached hydrogen (secondary N) is 1. The van der Waals surface area contributed by atoms with Crippen molar-refractivity contribution in [1.29, 1.82) is 0 Å². The zero-order valence-electron chi connectivity index (χ0n) is 15.1. The summed E-state index contributed by atoms with van der Waals surface area (Å²) in [6, 6.07) is 3.90. The van der Waals surface area contributed by atoms with E-state index in [1.165, 1.54) is 18.2 Å². The number of hydrogen-bond donors (Lipinski definition) is 1. The number of sulfonamides is 1. The van der Waals surface area contributed by atoms with Gasteiger partial charge in [-0.15, -0.1) is 0 Å². The topological polar surface area (TPSA) is 73.9 Å². The molecule has 0 aliphatic carbocycles. The average Bonchev–Trinajstić information content (AvgIpc) is 2.63. The van der Waals surface area contributed by atoms with Gasteiger partial charge in [-0.25, -0.2) is 8.42 Å². The molecule has 0 bridgehead atoms. The Balaban J connectivity index is 2.40.